The molecule has 0 heterocycles. The van der Waals surface area contributed by atoms with E-state index in [9.17, 15) is 9.59 Å². The molecule has 0 saturated heterocycles. The van der Waals surface area contributed by atoms with Gasteiger partial charge < -0.3 is 19.9 Å². The molecule has 0 aliphatic rings. The fourth-order valence-corrected chi connectivity index (χ4v) is 2.75. The van der Waals surface area contributed by atoms with Crippen LogP contribution in [0, 0.1) is 0 Å². The lowest BCUT2D eigenvalue weighted by Gasteiger charge is -2.18. The van der Waals surface area contributed by atoms with E-state index in [4.69, 9.17) is 26.2 Å². The van der Waals surface area contributed by atoms with Gasteiger partial charge in [-0.15, -0.1) is 0 Å². The molecule has 26 heavy (non-hydrogen) atoms. The predicted octanol–water partition coefficient (Wildman–Crippen LogP) is 3.69. The number of rotatable bonds is 8. The molecular weight excluding hydrogens is 358 g/mol. The predicted molar refractivity (Wildman–Crippen MR) is 98.1 cm³/mol. The van der Waals surface area contributed by atoms with Crippen molar-refractivity contribution in [3.63, 3.8) is 0 Å². The Morgan fingerprint density at radius 1 is 1.23 bits per heavy atom. The summed E-state index contributed by atoms with van der Waals surface area (Å²) in [6, 6.07) is 11.2. The molecule has 0 fully saturated rings. The van der Waals surface area contributed by atoms with Crippen molar-refractivity contribution in [1.82, 2.24) is 5.32 Å². The quantitative estimate of drug-likeness (QED) is 0.732. The Hall–Kier alpha value is -2.73. The summed E-state index contributed by atoms with van der Waals surface area (Å²) in [6.45, 7) is 2.21. The number of carboxylic acids is 1. The maximum absolute atomic E-state index is 12.6. The number of aliphatic carboxylic acids is 1. The van der Waals surface area contributed by atoms with Gasteiger partial charge in [-0.05, 0) is 24.6 Å². The van der Waals surface area contributed by atoms with Gasteiger partial charge in [-0.1, -0.05) is 41.9 Å². The second-order valence-electron chi connectivity index (χ2n) is 5.46. The van der Waals surface area contributed by atoms with E-state index in [-0.39, 0.29) is 17.0 Å². The Balaban J connectivity index is 2.29. The van der Waals surface area contributed by atoms with Crippen molar-refractivity contribution in [2.45, 2.75) is 19.4 Å². The third kappa shape index (κ3) is 4.89. The third-order valence-electron chi connectivity index (χ3n) is 3.67. The summed E-state index contributed by atoms with van der Waals surface area (Å²) in [5.41, 5.74) is 0.953. The van der Waals surface area contributed by atoms with Crippen molar-refractivity contribution in [3.8, 4) is 11.5 Å². The van der Waals surface area contributed by atoms with Crippen LogP contribution in [-0.4, -0.2) is 30.7 Å². The minimum absolute atomic E-state index is 0.238. The van der Waals surface area contributed by atoms with Crippen molar-refractivity contribution in [2.24, 2.45) is 0 Å². The van der Waals surface area contributed by atoms with Gasteiger partial charge in [0.2, 0.25) is 0 Å². The first-order valence-electron chi connectivity index (χ1n) is 8.04. The highest BCUT2D eigenvalue weighted by Crippen LogP contribution is 2.36. The van der Waals surface area contributed by atoms with Crippen LogP contribution in [0.4, 0.5) is 0 Å². The van der Waals surface area contributed by atoms with Crippen LogP contribution in [0.3, 0.4) is 0 Å². The normalized spacial score (nSPS) is 11.5. The number of methoxy groups -OCH3 is 1. The maximum Gasteiger partial charge on any atom is 0.305 e. The van der Waals surface area contributed by atoms with E-state index in [1.165, 1.54) is 19.2 Å². The average Bonchev–Trinajstić information content (AvgIpc) is 2.63. The van der Waals surface area contributed by atoms with E-state index in [2.05, 4.69) is 5.32 Å². The number of hydrogen-bond donors (Lipinski definition) is 2. The first-order chi connectivity index (χ1) is 12.5. The van der Waals surface area contributed by atoms with Gasteiger partial charge in [0.25, 0.3) is 5.91 Å². The molecule has 0 aromatic heterocycles. The number of benzene rings is 2. The second-order valence-corrected chi connectivity index (χ2v) is 5.86. The Morgan fingerprint density at radius 2 is 1.92 bits per heavy atom. The van der Waals surface area contributed by atoms with Gasteiger partial charge >= 0.3 is 5.97 Å². The van der Waals surface area contributed by atoms with Crippen molar-refractivity contribution in [2.75, 3.05) is 13.7 Å². The fraction of sp³-hybridized carbons (Fsp3) is 0.263. The van der Waals surface area contributed by atoms with Crippen LogP contribution >= 0.6 is 11.6 Å². The van der Waals surface area contributed by atoms with E-state index < -0.39 is 17.9 Å². The molecule has 0 radical (unpaired) electrons. The summed E-state index contributed by atoms with van der Waals surface area (Å²) in [5.74, 6) is -0.776. The van der Waals surface area contributed by atoms with E-state index in [1.54, 1.807) is 24.3 Å². The molecule has 1 unspecified atom stereocenters. The molecule has 1 amide bonds. The minimum atomic E-state index is -1.01. The van der Waals surface area contributed by atoms with E-state index in [0.717, 1.165) is 0 Å². The lowest BCUT2D eigenvalue weighted by atomic mass is 10.0. The number of carboxylic acid groups (broad SMARTS) is 1. The number of nitrogens with one attached hydrogen (secondary N) is 1. The molecule has 2 aromatic rings. The van der Waals surface area contributed by atoms with Crippen molar-refractivity contribution >= 4 is 23.5 Å². The number of carbonyl (C=O) groups excluding carboxylic acids is 1. The van der Waals surface area contributed by atoms with Crippen LogP contribution < -0.4 is 14.8 Å². The van der Waals surface area contributed by atoms with Gasteiger partial charge in [-0.25, -0.2) is 0 Å². The van der Waals surface area contributed by atoms with Crippen molar-refractivity contribution < 1.29 is 24.2 Å². The van der Waals surface area contributed by atoms with Gasteiger partial charge in [0, 0.05) is 5.56 Å². The Labute approximate surface area is 156 Å². The Kier molecular flexibility index (Phi) is 6.86. The maximum atomic E-state index is 12.6. The SMILES string of the molecule is CCOc1c(Cl)cc(C(=O)NC(CC(=O)O)c2ccccc2)cc1OC. The molecule has 0 spiro atoms. The van der Waals surface area contributed by atoms with Gasteiger partial charge in [0.1, 0.15) is 0 Å². The van der Waals surface area contributed by atoms with Crippen LogP contribution in [0.2, 0.25) is 5.02 Å². The van der Waals surface area contributed by atoms with Gasteiger partial charge in [-0.2, -0.15) is 0 Å². The second kappa shape index (κ2) is 9.10. The fourth-order valence-electron chi connectivity index (χ4n) is 2.49. The molecule has 6 nitrogen and oxygen atoms in total. The highest BCUT2D eigenvalue weighted by atomic mass is 35.5. The van der Waals surface area contributed by atoms with Crippen molar-refractivity contribution in [1.29, 1.82) is 0 Å². The first kappa shape index (κ1) is 19.6. The van der Waals surface area contributed by atoms with E-state index in [0.29, 0.717) is 23.7 Å². The number of amides is 1. The molecule has 0 aliphatic heterocycles. The topological polar surface area (TPSA) is 84.9 Å². The number of ether oxygens (including phenoxy) is 2. The Morgan fingerprint density at radius 3 is 2.50 bits per heavy atom. The summed E-state index contributed by atoms with van der Waals surface area (Å²) in [4.78, 5) is 23.8. The van der Waals surface area contributed by atoms with Crippen LogP contribution in [0.1, 0.15) is 35.3 Å². The molecule has 138 valence electrons. The standard InChI is InChI=1S/C19H20ClNO5/c1-3-26-18-14(20)9-13(10-16(18)25-2)19(24)21-15(11-17(22)23)12-7-5-4-6-8-12/h4-10,15H,3,11H2,1-2H3,(H,21,24)(H,22,23). The largest absolute Gasteiger partial charge is 0.493 e. The number of hydrogen-bond acceptors (Lipinski definition) is 4. The summed E-state index contributed by atoms with van der Waals surface area (Å²) < 4.78 is 10.7. The number of carbonyl (C=O) groups is 2. The van der Waals surface area contributed by atoms with Crippen molar-refractivity contribution in [3.05, 3.63) is 58.6 Å². The molecule has 2 rings (SSSR count). The smallest absolute Gasteiger partial charge is 0.305 e. The van der Waals surface area contributed by atoms with Gasteiger partial charge in [0.05, 0.1) is 31.2 Å². The van der Waals surface area contributed by atoms with Crippen LogP contribution in [0.25, 0.3) is 0 Å². The lowest BCUT2D eigenvalue weighted by Crippen LogP contribution is -2.30. The number of halogens is 1. The third-order valence-corrected chi connectivity index (χ3v) is 3.95. The molecule has 0 aliphatic carbocycles. The summed E-state index contributed by atoms with van der Waals surface area (Å²) in [6.07, 6.45) is -0.238. The van der Waals surface area contributed by atoms with E-state index >= 15 is 0 Å². The lowest BCUT2D eigenvalue weighted by molar-refractivity contribution is -0.137. The minimum Gasteiger partial charge on any atom is -0.493 e. The van der Waals surface area contributed by atoms with Gasteiger partial charge in [0.15, 0.2) is 11.5 Å². The average molecular weight is 378 g/mol. The summed E-state index contributed by atoms with van der Waals surface area (Å²) in [7, 11) is 1.45. The molecule has 1 atom stereocenters. The zero-order valence-electron chi connectivity index (χ0n) is 14.5. The molecule has 2 aromatic carbocycles. The highest BCUT2D eigenvalue weighted by molar-refractivity contribution is 6.32. The zero-order valence-corrected chi connectivity index (χ0v) is 15.2. The van der Waals surface area contributed by atoms with Crippen LogP contribution in [0.15, 0.2) is 42.5 Å². The van der Waals surface area contributed by atoms with Crippen LogP contribution in [-0.2, 0) is 4.79 Å². The Bertz CT molecular complexity index is 779. The zero-order chi connectivity index (χ0) is 19.1. The summed E-state index contributed by atoms with van der Waals surface area (Å²) in [5, 5.41) is 12.1. The molecule has 0 saturated carbocycles. The first-order valence-corrected chi connectivity index (χ1v) is 8.42. The molecular formula is C19H20ClNO5. The molecule has 0 bridgehead atoms. The summed E-state index contributed by atoms with van der Waals surface area (Å²) >= 11 is 6.19. The van der Waals surface area contributed by atoms with E-state index in [1.807, 2.05) is 13.0 Å². The van der Waals surface area contributed by atoms with Gasteiger partial charge in [-0.3, -0.25) is 9.59 Å². The van der Waals surface area contributed by atoms with Crippen LogP contribution in [0.5, 0.6) is 11.5 Å². The monoisotopic (exact) mass is 377 g/mol. The molecule has 7 heteroatoms. The highest BCUT2D eigenvalue weighted by Gasteiger charge is 2.21. The molecule has 2 N–H and O–H groups in total.